The summed E-state index contributed by atoms with van der Waals surface area (Å²) in [6.45, 7) is 4.28. The van der Waals surface area contributed by atoms with E-state index < -0.39 is 26.5 Å². The van der Waals surface area contributed by atoms with Crippen LogP contribution in [0.4, 0.5) is 0 Å². The van der Waals surface area contributed by atoms with Gasteiger partial charge in [0.2, 0.25) is 0 Å². The maximum Gasteiger partial charge on any atom is 0.472 e. The number of carbonyl (C=O) groups is 2. The summed E-state index contributed by atoms with van der Waals surface area (Å²) < 4.78 is 34.5. The summed E-state index contributed by atoms with van der Waals surface area (Å²) in [5.74, 6) is -0.839. The highest BCUT2D eigenvalue weighted by Gasteiger charge is 2.27. The lowest BCUT2D eigenvalue weighted by Crippen LogP contribution is -2.37. The van der Waals surface area contributed by atoms with Gasteiger partial charge < -0.3 is 18.9 Å². The molecule has 0 aliphatic carbocycles. The van der Waals surface area contributed by atoms with Crippen molar-refractivity contribution in [2.45, 2.75) is 302 Å². The van der Waals surface area contributed by atoms with E-state index in [4.69, 9.17) is 18.5 Å². The predicted octanol–water partition coefficient (Wildman–Crippen LogP) is 20.8. The molecular formula is C68H125NO8P+. The molecule has 0 spiro atoms. The Labute approximate surface area is 482 Å². The van der Waals surface area contributed by atoms with Crippen LogP contribution in [0.5, 0.6) is 0 Å². The van der Waals surface area contributed by atoms with Gasteiger partial charge in [0, 0.05) is 12.8 Å². The Bertz CT molecular complexity index is 1550. The Morgan fingerprint density at radius 1 is 0.410 bits per heavy atom. The van der Waals surface area contributed by atoms with Crippen molar-refractivity contribution in [1.29, 1.82) is 0 Å². The summed E-state index contributed by atoms with van der Waals surface area (Å²) in [5.41, 5.74) is 0. The smallest absolute Gasteiger partial charge is 0.462 e. The van der Waals surface area contributed by atoms with E-state index in [1.54, 1.807) is 0 Å². The number of ether oxygens (including phenoxy) is 2. The summed E-state index contributed by atoms with van der Waals surface area (Å²) in [6.07, 6.45) is 78.9. The van der Waals surface area contributed by atoms with E-state index in [9.17, 15) is 19.0 Å². The predicted molar refractivity (Wildman–Crippen MR) is 335 cm³/mol. The van der Waals surface area contributed by atoms with Crippen molar-refractivity contribution >= 4 is 19.8 Å². The van der Waals surface area contributed by atoms with Crippen LogP contribution in [0, 0.1) is 0 Å². The molecular weight excluding hydrogens is 990 g/mol. The zero-order chi connectivity index (χ0) is 57.0. The molecule has 0 aromatic carbocycles. The molecule has 0 aliphatic rings. The van der Waals surface area contributed by atoms with E-state index in [1.165, 1.54) is 199 Å². The first-order chi connectivity index (χ1) is 38.0. The van der Waals surface area contributed by atoms with Crippen molar-refractivity contribution in [3.63, 3.8) is 0 Å². The van der Waals surface area contributed by atoms with E-state index in [-0.39, 0.29) is 32.0 Å². The third-order valence-electron chi connectivity index (χ3n) is 14.2. The number of nitrogens with zero attached hydrogens (tertiary/aromatic N) is 1. The fraction of sp³-hybridized carbons (Fsp3) is 0.794. The molecule has 0 heterocycles. The first-order valence-corrected chi connectivity index (χ1v) is 34.2. The zero-order valence-electron chi connectivity index (χ0n) is 51.6. The van der Waals surface area contributed by atoms with Crippen molar-refractivity contribution in [2.75, 3.05) is 47.5 Å². The third-order valence-corrected chi connectivity index (χ3v) is 15.2. The number of likely N-dealkylation sites (N-methyl/N-ethyl adjacent to an activating group) is 1. The summed E-state index contributed by atoms with van der Waals surface area (Å²) in [5, 5.41) is 0. The molecule has 454 valence electrons. The van der Waals surface area contributed by atoms with Crippen LogP contribution in [0.2, 0.25) is 0 Å². The van der Waals surface area contributed by atoms with Crippen molar-refractivity contribution in [3.8, 4) is 0 Å². The van der Waals surface area contributed by atoms with Gasteiger partial charge in [0.1, 0.15) is 19.8 Å². The SMILES string of the molecule is CC/C=C\C/C=C\C/C=C\C/C=C\CCCCC(=O)OC(COC(=O)CCCCCCCCCCCCCCCCCCCCCCCCCCCCC/C=C\C/C=C\CCCCCCC)COP(=O)(O)OCC[N+](C)(C)C. The van der Waals surface area contributed by atoms with Crippen LogP contribution in [0.1, 0.15) is 296 Å². The molecule has 1 N–H and O–H groups in total. The first-order valence-electron chi connectivity index (χ1n) is 32.7. The molecule has 0 aromatic rings. The summed E-state index contributed by atoms with van der Waals surface area (Å²) >= 11 is 0. The highest BCUT2D eigenvalue weighted by atomic mass is 31.2. The molecule has 0 aromatic heterocycles. The molecule has 9 nitrogen and oxygen atoms in total. The van der Waals surface area contributed by atoms with Crippen molar-refractivity contribution in [3.05, 3.63) is 72.9 Å². The fourth-order valence-corrected chi connectivity index (χ4v) is 9.96. The molecule has 0 amide bonds. The largest absolute Gasteiger partial charge is 0.472 e. The van der Waals surface area contributed by atoms with Gasteiger partial charge in [0.25, 0.3) is 0 Å². The number of unbranched alkanes of at least 4 members (excludes halogenated alkanes) is 34. The van der Waals surface area contributed by atoms with Crippen molar-refractivity contribution < 1.29 is 42.1 Å². The van der Waals surface area contributed by atoms with Crippen LogP contribution in [0.3, 0.4) is 0 Å². The fourth-order valence-electron chi connectivity index (χ4n) is 9.22. The normalized spacial score (nSPS) is 13.7. The number of phosphoric acid groups is 1. The molecule has 2 unspecified atom stereocenters. The Balaban J connectivity index is 3.89. The second-order valence-corrected chi connectivity index (χ2v) is 24.6. The van der Waals surface area contributed by atoms with Gasteiger partial charge in [-0.1, -0.05) is 273 Å². The molecule has 2 atom stereocenters. The van der Waals surface area contributed by atoms with E-state index in [1.807, 2.05) is 21.1 Å². The second kappa shape index (κ2) is 59.1. The number of esters is 2. The second-order valence-electron chi connectivity index (χ2n) is 23.1. The lowest BCUT2D eigenvalue weighted by atomic mass is 10.0. The Kier molecular flexibility index (Phi) is 57.2. The number of allylic oxidation sites excluding steroid dienone is 12. The number of hydrogen-bond acceptors (Lipinski definition) is 7. The van der Waals surface area contributed by atoms with Crippen LogP contribution in [-0.2, 0) is 32.7 Å². The maximum absolute atomic E-state index is 12.8. The van der Waals surface area contributed by atoms with E-state index >= 15 is 0 Å². The van der Waals surface area contributed by atoms with Crippen LogP contribution >= 0.6 is 7.82 Å². The topological polar surface area (TPSA) is 108 Å². The van der Waals surface area contributed by atoms with E-state index in [0.29, 0.717) is 17.4 Å². The van der Waals surface area contributed by atoms with Gasteiger partial charge >= 0.3 is 19.8 Å². The average Bonchev–Trinajstić information content (AvgIpc) is 3.41. The number of quaternary nitrogens is 1. The number of hydrogen-bond donors (Lipinski definition) is 1. The van der Waals surface area contributed by atoms with Crippen molar-refractivity contribution in [1.82, 2.24) is 0 Å². The number of carbonyl (C=O) groups excluding carboxylic acids is 2. The minimum Gasteiger partial charge on any atom is -0.462 e. The summed E-state index contributed by atoms with van der Waals surface area (Å²) in [4.78, 5) is 35.6. The monoisotopic (exact) mass is 1110 g/mol. The Hall–Kier alpha value is -2.55. The molecule has 0 rings (SSSR count). The molecule has 0 radical (unpaired) electrons. The van der Waals surface area contributed by atoms with Gasteiger partial charge in [0.05, 0.1) is 27.7 Å². The number of rotatable bonds is 60. The molecule has 0 fully saturated rings. The van der Waals surface area contributed by atoms with Crippen molar-refractivity contribution in [2.24, 2.45) is 0 Å². The standard InChI is InChI=1S/C68H124NO8P/c1-6-8-10-12-14-16-18-20-22-23-24-25-26-27-28-29-30-31-32-33-34-35-36-37-38-39-40-41-42-43-44-45-47-48-50-52-54-56-58-60-67(70)74-64-66(65-76-78(72,73)75-63-62-69(3,4)5)77-68(71)61-59-57-55-53-51-49-46-21-19-17-15-13-11-9-7-2/h9,11,15,17-18,20-21,23-24,46,51,53,66H,6-8,10,12-14,16,19,22,25-45,47-50,52,54-65H2,1-5H3/p+1/b11-9-,17-15-,20-18-,24-23-,46-21-,53-51-. The van der Waals surface area contributed by atoms with Gasteiger partial charge in [-0.2, -0.15) is 0 Å². The number of phosphoric ester groups is 1. The Morgan fingerprint density at radius 2 is 0.731 bits per heavy atom. The highest BCUT2D eigenvalue weighted by Crippen LogP contribution is 2.43. The molecule has 10 heteroatoms. The van der Waals surface area contributed by atoms with Crippen LogP contribution in [0.15, 0.2) is 72.9 Å². The average molecular weight is 1120 g/mol. The summed E-state index contributed by atoms with van der Waals surface area (Å²) in [6, 6.07) is 0. The lowest BCUT2D eigenvalue weighted by Gasteiger charge is -2.24. The molecule has 0 aliphatic heterocycles. The van der Waals surface area contributed by atoms with E-state index in [0.717, 1.165) is 64.2 Å². The van der Waals surface area contributed by atoms with Crippen LogP contribution in [0.25, 0.3) is 0 Å². The Morgan fingerprint density at radius 3 is 1.12 bits per heavy atom. The van der Waals surface area contributed by atoms with Crippen LogP contribution < -0.4 is 0 Å². The van der Waals surface area contributed by atoms with Gasteiger partial charge in [-0.15, -0.1) is 0 Å². The quantitative estimate of drug-likeness (QED) is 0.0211. The molecule has 0 bridgehead atoms. The van der Waals surface area contributed by atoms with Gasteiger partial charge in [-0.05, 0) is 83.5 Å². The summed E-state index contributed by atoms with van der Waals surface area (Å²) in [7, 11) is 1.45. The maximum atomic E-state index is 12.8. The van der Waals surface area contributed by atoms with Gasteiger partial charge in [0.15, 0.2) is 6.10 Å². The van der Waals surface area contributed by atoms with Gasteiger partial charge in [-0.3, -0.25) is 18.6 Å². The zero-order valence-corrected chi connectivity index (χ0v) is 52.5. The molecule has 78 heavy (non-hydrogen) atoms. The molecule has 0 saturated heterocycles. The first kappa shape index (κ1) is 75.5. The van der Waals surface area contributed by atoms with E-state index in [2.05, 4.69) is 86.8 Å². The van der Waals surface area contributed by atoms with Crippen LogP contribution in [-0.4, -0.2) is 74.9 Å². The highest BCUT2D eigenvalue weighted by molar-refractivity contribution is 7.47. The van der Waals surface area contributed by atoms with Gasteiger partial charge in [-0.25, -0.2) is 4.57 Å². The minimum absolute atomic E-state index is 0.0224. The minimum atomic E-state index is -4.40. The third kappa shape index (κ3) is 62.6. The molecule has 0 saturated carbocycles. The lowest BCUT2D eigenvalue weighted by molar-refractivity contribution is -0.870.